The molecule has 1 aliphatic carbocycles. The van der Waals surface area contributed by atoms with Crippen molar-refractivity contribution < 1.29 is 98.0 Å². The molecule has 52 heavy (non-hydrogen) atoms. The summed E-state index contributed by atoms with van der Waals surface area (Å²) in [5, 5.41) is 3.34. The van der Waals surface area contributed by atoms with Gasteiger partial charge >= 0.3 is 59.1 Å². The van der Waals surface area contributed by atoms with E-state index in [2.05, 4.69) is 10.3 Å². The molecule has 0 atom stereocenters. The second-order valence-corrected chi connectivity index (χ2v) is 16.0. The van der Waals surface area contributed by atoms with E-state index in [9.17, 15) is 38.9 Å². The van der Waals surface area contributed by atoms with Gasteiger partial charge in [0.2, 0.25) is 0 Å². The maximum atomic E-state index is 11.8. The first-order chi connectivity index (χ1) is 23.4. The molecule has 0 aliphatic heterocycles. The number of aliphatic imine (C=N–C) groups is 1. The number of hydrogen-bond donors (Lipinski definition) is 3. The maximum absolute atomic E-state index is 11.8. The van der Waals surface area contributed by atoms with Crippen LogP contribution in [0, 0.1) is 6.92 Å². The molecule has 0 saturated carbocycles. The predicted molar refractivity (Wildman–Crippen MR) is 190 cm³/mol. The molecule has 0 heterocycles. The minimum Gasteiger partial charge on any atom is -0.744 e. The first kappa shape index (κ1) is 44.0. The molecule has 0 saturated heterocycles. The Kier molecular flexibility index (Phi) is 15.1. The zero-order valence-corrected chi connectivity index (χ0v) is 35.7. The van der Waals surface area contributed by atoms with Crippen molar-refractivity contribution in [2.75, 3.05) is 5.32 Å². The van der Waals surface area contributed by atoms with Gasteiger partial charge in [-0.15, -0.1) is 0 Å². The van der Waals surface area contributed by atoms with Crippen molar-refractivity contribution in [2.45, 2.75) is 41.6 Å². The van der Waals surface area contributed by atoms with Crippen LogP contribution in [0.5, 0.6) is 0 Å². The largest absolute Gasteiger partial charge is 1.00 e. The van der Waals surface area contributed by atoms with E-state index in [0.717, 1.165) is 22.4 Å². The van der Waals surface area contributed by atoms with Gasteiger partial charge in [-0.2, -0.15) is 16.8 Å². The van der Waals surface area contributed by atoms with Crippen molar-refractivity contribution in [2.24, 2.45) is 4.99 Å². The van der Waals surface area contributed by atoms with Crippen LogP contribution in [0.25, 0.3) is 5.57 Å². The summed E-state index contributed by atoms with van der Waals surface area (Å²) in [6.45, 7) is 4.11. The average molecular weight is 800 g/mol. The van der Waals surface area contributed by atoms with Gasteiger partial charge in [0.1, 0.15) is 10.1 Å². The van der Waals surface area contributed by atoms with Gasteiger partial charge in [0.25, 0.3) is 20.2 Å². The Hall–Kier alpha value is -2.41. The molecular formula is C35H30ClN2Na2O9S3+. The Morgan fingerprint density at radius 3 is 1.98 bits per heavy atom. The molecule has 11 nitrogen and oxygen atoms in total. The van der Waals surface area contributed by atoms with E-state index in [1.807, 2.05) is 44.2 Å². The van der Waals surface area contributed by atoms with Crippen LogP contribution in [0.3, 0.4) is 0 Å². The summed E-state index contributed by atoms with van der Waals surface area (Å²) in [5.74, 6) is 0. The number of aryl methyl sites for hydroxylation is 1. The first-order valence-corrected chi connectivity index (χ1v) is 19.5. The Bertz CT molecular complexity index is 2480. The predicted octanol–water partition coefficient (Wildman–Crippen LogP) is 0.625. The molecule has 0 aromatic heterocycles. The molecule has 0 spiro atoms. The Morgan fingerprint density at radius 1 is 0.769 bits per heavy atom. The Morgan fingerprint density at radius 2 is 1.38 bits per heavy atom. The van der Waals surface area contributed by atoms with Crippen LogP contribution in [0.4, 0.5) is 5.69 Å². The van der Waals surface area contributed by atoms with Crippen molar-refractivity contribution in [1.29, 1.82) is 0 Å². The van der Waals surface area contributed by atoms with Crippen LogP contribution in [0.15, 0.2) is 134 Å². The maximum Gasteiger partial charge on any atom is 1.00 e. The summed E-state index contributed by atoms with van der Waals surface area (Å²) in [5.41, 5.74) is 6.69. The van der Waals surface area contributed by atoms with Gasteiger partial charge in [0.05, 0.1) is 26.9 Å². The van der Waals surface area contributed by atoms with Crippen LogP contribution in [0.1, 0.15) is 34.7 Å². The second kappa shape index (κ2) is 17.8. The van der Waals surface area contributed by atoms with E-state index >= 15 is 0 Å². The Balaban J connectivity index is 0.00000364. The molecule has 0 bridgehead atoms. The molecule has 0 radical (unpaired) electrons. The number of rotatable bonds is 10. The van der Waals surface area contributed by atoms with Crippen LogP contribution >= 0.6 is 11.6 Å². The first-order valence-electron chi connectivity index (χ1n) is 14.8. The summed E-state index contributed by atoms with van der Waals surface area (Å²) in [6.07, 6.45) is 5.49. The summed E-state index contributed by atoms with van der Waals surface area (Å²) >= 11 is 6.64. The van der Waals surface area contributed by atoms with Crippen LogP contribution in [0.2, 0.25) is 5.02 Å². The molecule has 0 amide bonds. The van der Waals surface area contributed by atoms with E-state index in [-0.39, 0.29) is 91.9 Å². The van der Waals surface area contributed by atoms with Crippen LogP contribution in [-0.2, 0) is 43.4 Å². The molecule has 4 aromatic carbocycles. The number of hydrogen-bond acceptors (Lipinski definition) is 9. The number of nitrogens with one attached hydrogen (secondary N) is 1. The summed E-state index contributed by atoms with van der Waals surface area (Å²) in [7, 11) is -13.5. The van der Waals surface area contributed by atoms with Gasteiger partial charge in [-0.3, -0.25) is 14.1 Å². The number of anilines is 1. The molecule has 0 unspecified atom stereocenters. The van der Waals surface area contributed by atoms with E-state index in [0.29, 0.717) is 33.5 Å². The standard InChI is InChI=1S/C35H31ClN2O9S3.2Na/c1-22-15-26(9-13-33(22)37-20-24-5-3-7-28(17-24)48(39,40)41)35(31-12-11-30(19-32(31)36)50(45,46)47)27-10-14-34(23(2)16-27)38-21-25-6-4-8-29(18-25)49(42,43)44;;/h3-19,37H,20-21H2,1-2H3,(H,39,40,41)(H,42,43,44)(H,45,46,47);;/q;2*+1/p-1/b35-27+,38-34?;;. The van der Waals surface area contributed by atoms with Crippen molar-refractivity contribution >= 4 is 58.9 Å². The van der Waals surface area contributed by atoms with Crippen molar-refractivity contribution in [3.8, 4) is 0 Å². The molecule has 4 aromatic rings. The minimum absolute atomic E-state index is 0. The van der Waals surface area contributed by atoms with Gasteiger partial charge in [0.15, 0.2) is 0 Å². The summed E-state index contributed by atoms with van der Waals surface area (Å²) < 4.78 is 100. The molecule has 5 rings (SSSR count). The minimum atomic E-state index is -4.60. The molecule has 260 valence electrons. The molecule has 17 heteroatoms. The number of nitrogens with zero attached hydrogens (tertiary/aromatic N) is 1. The zero-order chi connectivity index (χ0) is 36.4. The third-order valence-electron chi connectivity index (χ3n) is 7.81. The van der Waals surface area contributed by atoms with E-state index < -0.39 is 30.4 Å². The third-order valence-corrected chi connectivity index (χ3v) is 10.6. The van der Waals surface area contributed by atoms with E-state index in [4.69, 9.17) is 11.6 Å². The van der Waals surface area contributed by atoms with Gasteiger partial charge in [-0.1, -0.05) is 54.1 Å². The number of benzene rings is 4. The Labute approximate surface area is 352 Å². The molecule has 3 N–H and O–H groups in total. The van der Waals surface area contributed by atoms with Crippen LogP contribution < -0.4 is 64.4 Å². The number of halogens is 1. The summed E-state index contributed by atoms with van der Waals surface area (Å²) in [6, 6.07) is 21.1. The molecular weight excluding hydrogens is 770 g/mol. The van der Waals surface area contributed by atoms with Crippen molar-refractivity contribution in [3.63, 3.8) is 0 Å². The van der Waals surface area contributed by atoms with Crippen molar-refractivity contribution in [3.05, 3.63) is 147 Å². The number of allylic oxidation sites excluding steroid dienone is 5. The van der Waals surface area contributed by atoms with E-state index in [1.165, 1.54) is 54.6 Å². The third kappa shape index (κ3) is 11.1. The second-order valence-electron chi connectivity index (χ2n) is 11.4. The fourth-order valence-electron chi connectivity index (χ4n) is 5.33. The quantitative estimate of drug-likeness (QED) is 0.152. The van der Waals surface area contributed by atoms with Crippen LogP contribution in [-0.4, -0.2) is 44.6 Å². The topological polar surface area (TPSA) is 190 Å². The SMILES string of the molecule is CC1=C/C(=C(\c2ccc(NCc3cccc(S(=O)(=O)[O-])c3)c(C)c2)c2ccc(S(=O)(=O)O)cc2Cl)C=CC1=NCc1cccc(S(=O)(=O)O)c1.[Na+].[Na+]. The van der Waals surface area contributed by atoms with Gasteiger partial charge in [-0.05, 0) is 114 Å². The smallest absolute Gasteiger partial charge is 0.744 e. The van der Waals surface area contributed by atoms with Gasteiger partial charge < -0.3 is 9.87 Å². The van der Waals surface area contributed by atoms with E-state index in [1.54, 1.807) is 18.2 Å². The monoisotopic (exact) mass is 799 g/mol. The molecule has 1 aliphatic rings. The van der Waals surface area contributed by atoms with Crippen molar-refractivity contribution in [1.82, 2.24) is 0 Å². The normalized spacial score (nSPS) is 15.0. The van der Waals surface area contributed by atoms with Gasteiger partial charge in [0, 0.05) is 22.8 Å². The molecule has 0 fully saturated rings. The zero-order valence-electron chi connectivity index (χ0n) is 28.5. The van der Waals surface area contributed by atoms with Gasteiger partial charge in [-0.25, -0.2) is 8.42 Å². The summed E-state index contributed by atoms with van der Waals surface area (Å²) in [4.78, 5) is 3.72. The fraction of sp³-hybridized carbons (Fsp3) is 0.114. The fourth-order valence-corrected chi connectivity index (χ4v) is 7.27. The average Bonchev–Trinajstić information content (AvgIpc) is 3.04.